The summed E-state index contributed by atoms with van der Waals surface area (Å²) < 4.78 is 5.43. The zero-order chi connectivity index (χ0) is 11.7. The Kier molecular flexibility index (Phi) is 2.92. The summed E-state index contributed by atoms with van der Waals surface area (Å²) in [6.07, 6.45) is 0.163. The van der Waals surface area contributed by atoms with Crippen molar-refractivity contribution in [1.29, 1.82) is 0 Å². The summed E-state index contributed by atoms with van der Waals surface area (Å²) in [5, 5.41) is 9.95. The molecule has 1 aromatic carbocycles. The van der Waals surface area contributed by atoms with E-state index in [0.29, 0.717) is 0 Å². The molecule has 0 fully saturated rings. The lowest BCUT2D eigenvalue weighted by Gasteiger charge is -2.09. The fourth-order valence-corrected chi connectivity index (χ4v) is 2.88. The topological polar surface area (TPSA) is 50.2 Å². The minimum Gasteiger partial charge on any atom is -0.481 e. The molecular formula is C12H13NO2S. The van der Waals surface area contributed by atoms with Gasteiger partial charge in [0.25, 0.3) is 0 Å². The maximum absolute atomic E-state index is 10.7. The van der Waals surface area contributed by atoms with E-state index in [1.165, 1.54) is 11.5 Å². The third kappa shape index (κ3) is 1.93. The van der Waals surface area contributed by atoms with E-state index in [1.54, 1.807) is 0 Å². The summed E-state index contributed by atoms with van der Waals surface area (Å²) in [6.45, 7) is 3.92. The number of benzene rings is 1. The summed E-state index contributed by atoms with van der Waals surface area (Å²) in [5.41, 5.74) is 2.11. The fourth-order valence-electron chi connectivity index (χ4n) is 1.86. The van der Waals surface area contributed by atoms with Crippen molar-refractivity contribution < 1.29 is 9.90 Å². The molecule has 2 rings (SSSR count). The van der Waals surface area contributed by atoms with Crippen molar-refractivity contribution in [3.8, 4) is 0 Å². The number of rotatable bonds is 3. The average molecular weight is 235 g/mol. The highest BCUT2D eigenvalue weighted by Gasteiger charge is 2.15. The predicted octanol–water partition coefficient (Wildman–Crippen LogP) is 3.18. The van der Waals surface area contributed by atoms with Gasteiger partial charge in [0.15, 0.2) is 0 Å². The fraction of sp³-hybridized carbons (Fsp3) is 0.333. The van der Waals surface area contributed by atoms with Crippen molar-refractivity contribution in [2.45, 2.75) is 26.2 Å². The van der Waals surface area contributed by atoms with Gasteiger partial charge in [-0.05, 0) is 29.9 Å². The summed E-state index contributed by atoms with van der Waals surface area (Å²) >= 11 is 1.45. The number of hydrogen-bond acceptors (Lipinski definition) is 3. The van der Waals surface area contributed by atoms with E-state index in [1.807, 2.05) is 32.0 Å². The molecule has 2 aromatic rings. The van der Waals surface area contributed by atoms with Gasteiger partial charge in [-0.2, -0.15) is 4.37 Å². The molecule has 1 aromatic heterocycles. The number of nitrogens with zero attached hydrogens (tertiary/aromatic N) is 1. The number of carbonyl (C=O) groups is 1. The van der Waals surface area contributed by atoms with Gasteiger partial charge >= 0.3 is 5.97 Å². The van der Waals surface area contributed by atoms with Crippen LogP contribution in [0, 0.1) is 6.92 Å². The number of fused-ring (bicyclic) bond motifs is 1. The monoisotopic (exact) mass is 235 g/mol. The first-order valence-corrected chi connectivity index (χ1v) is 5.93. The SMILES string of the molecule is Cc1nsc2c(C(C)CC(=O)O)cccc12. The molecule has 1 N–H and O–H groups in total. The van der Waals surface area contributed by atoms with Gasteiger partial charge in [0.05, 0.1) is 16.8 Å². The number of hydrogen-bond donors (Lipinski definition) is 1. The van der Waals surface area contributed by atoms with Crippen LogP contribution >= 0.6 is 11.5 Å². The van der Waals surface area contributed by atoms with Crippen LogP contribution in [0.2, 0.25) is 0 Å². The largest absolute Gasteiger partial charge is 0.481 e. The molecule has 0 aliphatic carbocycles. The number of carboxylic acid groups (broad SMARTS) is 1. The van der Waals surface area contributed by atoms with E-state index in [2.05, 4.69) is 4.37 Å². The van der Waals surface area contributed by atoms with Crippen molar-refractivity contribution in [1.82, 2.24) is 4.37 Å². The van der Waals surface area contributed by atoms with Gasteiger partial charge < -0.3 is 5.11 Å². The number of aryl methyl sites for hydroxylation is 1. The lowest BCUT2D eigenvalue weighted by atomic mass is 9.96. The Morgan fingerprint density at radius 3 is 3.00 bits per heavy atom. The molecule has 0 amide bonds. The van der Waals surface area contributed by atoms with Crippen LogP contribution in [-0.2, 0) is 4.79 Å². The normalized spacial score (nSPS) is 12.9. The molecule has 0 saturated carbocycles. The Morgan fingerprint density at radius 2 is 2.31 bits per heavy atom. The van der Waals surface area contributed by atoms with Crippen LogP contribution in [0.5, 0.6) is 0 Å². The van der Waals surface area contributed by atoms with Gasteiger partial charge in [-0.1, -0.05) is 25.1 Å². The molecule has 0 aliphatic heterocycles. The highest BCUT2D eigenvalue weighted by atomic mass is 32.1. The van der Waals surface area contributed by atoms with Gasteiger partial charge in [-0.3, -0.25) is 4.79 Å². The Bertz CT molecular complexity index is 533. The van der Waals surface area contributed by atoms with E-state index in [0.717, 1.165) is 21.3 Å². The van der Waals surface area contributed by atoms with E-state index in [-0.39, 0.29) is 12.3 Å². The van der Waals surface area contributed by atoms with Crippen LogP contribution in [0.1, 0.15) is 30.5 Å². The Labute approximate surface area is 97.9 Å². The molecule has 1 atom stereocenters. The first-order valence-electron chi connectivity index (χ1n) is 5.16. The van der Waals surface area contributed by atoms with Crippen LogP contribution in [0.3, 0.4) is 0 Å². The lowest BCUT2D eigenvalue weighted by Crippen LogP contribution is -2.02. The molecule has 0 radical (unpaired) electrons. The second-order valence-electron chi connectivity index (χ2n) is 3.99. The minimum absolute atomic E-state index is 0.0287. The molecule has 1 heterocycles. The van der Waals surface area contributed by atoms with Gasteiger partial charge in [0.2, 0.25) is 0 Å². The van der Waals surface area contributed by atoms with Crippen LogP contribution < -0.4 is 0 Å². The van der Waals surface area contributed by atoms with Crippen molar-refractivity contribution >= 4 is 27.6 Å². The lowest BCUT2D eigenvalue weighted by molar-refractivity contribution is -0.137. The summed E-state index contributed by atoms with van der Waals surface area (Å²) in [7, 11) is 0. The number of aliphatic carboxylic acids is 1. The zero-order valence-electron chi connectivity index (χ0n) is 9.23. The molecule has 84 valence electrons. The highest BCUT2D eigenvalue weighted by molar-refractivity contribution is 7.13. The van der Waals surface area contributed by atoms with Gasteiger partial charge in [-0.15, -0.1) is 0 Å². The van der Waals surface area contributed by atoms with E-state index < -0.39 is 5.97 Å². The van der Waals surface area contributed by atoms with Gasteiger partial charge in [0.1, 0.15) is 0 Å². The van der Waals surface area contributed by atoms with Crippen molar-refractivity contribution in [2.75, 3.05) is 0 Å². The van der Waals surface area contributed by atoms with Gasteiger partial charge in [0, 0.05) is 5.39 Å². The maximum atomic E-state index is 10.7. The molecule has 0 saturated heterocycles. The molecule has 1 unspecified atom stereocenters. The van der Waals surface area contributed by atoms with E-state index in [4.69, 9.17) is 5.11 Å². The first kappa shape index (κ1) is 11.1. The van der Waals surface area contributed by atoms with Crippen LogP contribution in [0.15, 0.2) is 18.2 Å². The van der Waals surface area contributed by atoms with Crippen LogP contribution in [0.25, 0.3) is 10.1 Å². The second-order valence-corrected chi connectivity index (χ2v) is 4.76. The summed E-state index contributed by atoms with van der Waals surface area (Å²) in [4.78, 5) is 10.7. The highest BCUT2D eigenvalue weighted by Crippen LogP contribution is 2.31. The Hall–Kier alpha value is -1.42. The molecule has 0 bridgehead atoms. The van der Waals surface area contributed by atoms with Gasteiger partial charge in [-0.25, -0.2) is 0 Å². The number of carboxylic acids is 1. The van der Waals surface area contributed by atoms with Crippen molar-refractivity contribution in [2.24, 2.45) is 0 Å². The van der Waals surface area contributed by atoms with Crippen LogP contribution in [-0.4, -0.2) is 15.4 Å². The third-order valence-electron chi connectivity index (χ3n) is 2.72. The average Bonchev–Trinajstić information content (AvgIpc) is 2.59. The van der Waals surface area contributed by atoms with E-state index >= 15 is 0 Å². The minimum atomic E-state index is -0.759. The predicted molar refractivity (Wildman–Crippen MR) is 65.0 cm³/mol. The quantitative estimate of drug-likeness (QED) is 0.888. The molecule has 4 heteroatoms. The standard InChI is InChI=1S/C12H13NO2S/c1-7(6-11(14)15)9-4-3-5-10-8(2)13-16-12(9)10/h3-5,7H,6H2,1-2H3,(H,14,15). The van der Waals surface area contributed by atoms with Crippen molar-refractivity contribution in [3.63, 3.8) is 0 Å². The molecule has 0 aliphatic rings. The summed E-state index contributed by atoms with van der Waals surface area (Å²) in [6, 6.07) is 6.00. The second kappa shape index (κ2) is 4.22. The molecule has 16 heavy (non-hydrogen) atoms. The number of aromatic nitrogens is 1. The molecule has 3 nitrogen and oxygen atoms in total. The van der Waals surface area contributed by atoms with Crippen molar-refractivity contribution in [3.05, 3.63) is 29.5 Å². The maximum Gasteiger partial charge on any atom is 0.303 e. The Morgan fingerprint density at radius 1 is 1.56 bits per heavy atom. The smallest absolute Gasteiger partial charge is 0.303 e. The molecular weight excluding hydrogens is 222 g/mol. The zero-order valence-corrected chi connectivity index (χ0v) is 10.0. The van der Waals surface area contributed by atoms with E-state index in [9.17, 15) is 4.79 Å². The van der Waals surface area contributed by atoms with Crippen LogP contribution in [0.4, 0.5) is 0 Å². The first-order chi connectivity index (χ1) is 7.59. The third-order valence-corrected chi connectivity index (χ3v) is 3.72. The Balaban J connectivity index is 2.48. The molecule has 0 spiro atoms. The summed E-state index contributed by atoms with van der Waals surface area (Å²) in [5.74, 6) is -0.730.